The Morgan fingerprint density at radius 2 is 1.93 bits per heavy atom. The lowest BCUT2D eigenvalue weighted by atomic mass is 9.73. The monoisotopic (exact) mass is 399 g/mol. The number of hydrogen-bond acceptors (Lipinski definition) is 4. The number of carbonyl (C=O) groups is 1. The van der Waals surface area contributed by atoms with Crippen molar-refractivity contribution in [1.82, 2.24) is 0 Å². The number of hydrogen-bond donors (Lipinski definition) is 0. The zero-order valence-electron chi connectivity index (χ0n) is 17.9. The minimum Gasteiger partial charge on any atom is -0.318 e. The van der Waals surface area contributed by atoms with Gasteiger partial charge >= 0.3 is 5.97 Å². The molecule has 152 valence electrons. The van der Waals surface area contributed by atoms with Crippen molar-refractivity contribution < 1.29 is 9.63 Å². The van der Waals surface area contributed by atoms with Crippen molar-refractivity contribution in [2.45, 2.75) is 58.8 Å². The van der Waals surface area contributed by atoms with E-state index in [9.17, 15) is 10.1 Å². The lowest BCUT2D eigenvalue weighted by molar-refractivity contribution is -0.140. The van der Waals surface area contributed by atoms with E-state index < -0.39 is 5.97 Å². The van der Waals surface area contributed by atoms with Gasteiger partial charge in [-0.2, -0.15) is 5.26 Å². The molecular formula is C25H25N3O2. The first-order valence-corrected chi connectivity index (χ1v) is 10.3. The highest BCUT2D eigenvalue weighted by Crippen LogP contribution is 2.54. The van der Waals surface area contributed by atoms with Crippen molar-refractivity contribution in [3.8, 4) is 17.2 Å². The van der Waals surface area contributed by atoms with Crippen LogP contribution >= 0.6 is 0 Å². The lowest BCUT2D eigenvalue weighted by Crippen LogP contribution is -2.23. The van der Waals surface area contributed by atoms with Gasteiger partial charge in [0.15, 0.2) is 5.69 Å². The lowest BCUT2D eigenvalue weighted by Gasteiger charge is -2.30. The summed E-state index contributed by atoms with van der Waals surface area (Å²) in [4.78, 5) is 19.8. The van der Waals surface area contributed by atoms with Gasteiger partial charge in [0.25, 0.3) is 0 Å². The standard InChI is InChI=1S/C25H25N3O2/c1-6-9-23(28-30-16(4)29)17-10-11-20-21(13-17)25(7-2,8-3)22-14-19(27-5)12-18(15-26)24(20)22/h10-14H,6-9H2,1-4H3. The van der Waals surface area contributed by atoms with Gasteiger partial charge in [-0.1, -0.05) is 50.5 Å². The molecule has 2 aromatic rings. The van der Waals surface area contributed by atoms with E-state index in [0.29, 0.717) is 17.7 Å². The summed E-state index contributed by atoms with van der Waals surface area (Å²) >= 11 is 0. The highest BCUT2D eigenvalue weighted by molar-refractivity contribution is 6.02. The third-order valence-corrected chi connectivity index (χ3v) is 6.00. The Morgan fingerprint density at radius 1 is 1.20 bits per heavy atom. The SMILES string of the molecule is [C-]#[N+]c1cc(C#N)c2c(c1)C(CC)(CC)c1cc(C(CCC)=NOC(C)=O)ccc1-2. The fourth-order valence-electron chi connectivity index (χ4n) is 4.54. The van der Waals surface area contributed by atoms with Crippen molar-refractivity contribution in [3.63, 3.8) is 0 Å². The molecule has 1 aliphatic carbocycles. The molecule has 5 nitrogen and oxygen atoms in total. The Kier molecular flexibility index (Phi) is 6.04. The molecule has 0 N–H and O–H groups in total. The minimum atomic E-state index is -0.445. The van der Waals surface area contributed by atoms with Gasteiger partial charge in [-0.05, 0) is 53.6 Å². The largest absolute Gasteiger partial charge is 0.331 e. The molecule has 0 aliphatic heterocycles. The molecule has 0 atom stereocenters. The average Bonchev–Trinajstić information content (AvgIpc) is 3.04. The van der Waals surface area contributed by atoms with Crippen molar-refractivity contribution in [3.05, 3.63) is 64.0 Å². The van der Waals surface area contributed by atoms with Crippen LogP contribution < -0.4 is 0 Å². The fourth-order valence-corrected chi connectivity index (χ4v) is 4.54. The highest BCUT2D eigenvalue weighted by Gasteiger charge is 2.42. The van der Waals surface area contributed by atoms with Crippen molar-refractivity contribution in [1.29, 1.82) is 5.26 Å². The number of nitrogens with zero attached hydrogens (tertiary/aromatic N) is 3. The van der Waals surface area contributed by atoms with Gasteiger partial charge in [0, 0.05) is 23.5 Å². The Labute approximate surface area is 177 Å². The van der Waals surface area contributed by atoms with Crippen molar-refractivity contribution in [2.24, 2.45) is 5.16 Å². The molecule has 3 rings (SSSR count). The van der Waals surface area contributed by atoms with Crippen LogP contribution in [-0.4, -0.2) is 11.7 Å². The van der Waals surface area contributed by atoms with Gasteiger partial charge in [0.05, 0.1) is 18.4 Å². The van der Waals surface area contributed by atoms with Crippen LogP contribution in [0, 0.1) is 17.9 Å². The average molecular weight is 399 g/mol. The van der Waals surface area contributed by atoms with Crippen LogP contribution in [0.1, 0.15) is 75.6 Å². The van der Waals surface area contributed by atoms with E-state index in [1.165, 1.54) is 6.92 Å². The summed E-state index contributed by atoms with van der Waals surface area (Å²) in [7, 11) is 0. The van der Waals surface area contributed by atoms with Crippen LogP contribution in [0.3, 0.4) is 0 Å². The Balaban J connectivity index is 2.28. The van der Waals surface area contributed by atoms with Crippen molar-refractivity contribution >= 4 is 17.4 Å². The summed E-state index contributed by atoms with van der Waals surface area (Å²) in [5, 5.41) is 13.9. The molecule has 1 aliphatic rings. The number of oxime groups is 1. The number of fused-ring (bicyclic) bond motifs is 3. The van der Waals surface area contributed by atoms with E-state index in [4.69, 9.17) is 11.4 Å². The van der Waals surface area contributed by atoms with Crippen LogP contribution in [0.25, 0.3) is 16.0 Å². The van der Waals surface area contributed by atoms with E-state index in [2.05, 4.69) is 42.9 Å². The van der Waals surface area contributed by atoms with Gasteiger partial charge in [-0.3, -0.25) is 0 Å². The van der Waals surface area contributed by atoms with Crippen LogP contribution in [-0.2, 0) is 15.0 Å². The zero-order chi connectivity index (χ0) is 21.9. The number of carbonyl (C=O) groups excluding carboxylic acids is 1. The van der Waals surface area contributed by atoms with E-state index in [-0.39, 0.29) is 5.41 Å². The van der Waals surface area contributed by atoms with Crippen LogP contribution in [0.5, 0.6) is 0 Å². The van der Waals surface area contributed by atoms with Gasteiger partial charge in [0.2, 0.25) is 0 Å². The molecule has 0 unspecified atom stereocenters. The quantitative estimate of drug-likeness (QED) is 0.249. The third-order valence-electron chi connectivity index (χ3n) is 6.00. The van der Waals surface area contributed by atoms with Crippen LogP contribution in [0.2, 0.25) is 0 Å². The van der Waals surface area contributed by atoms with Gasteiger partial charge in [0.1, 0.15) is 0 Å². The first-order valence-electron chi connectivity index (χ1n) is 10.3. The molecule has 0 amide bonds. The van der Waals surface area contributed by atoms with Gasteiger partial charge < -0.3 is 4.84 Å². The smallest absolute Gasteiger partial charge is 0.318 e. The molecule has 30 heavy (non-hydrogen) atoms. The predicted octanol–water partition coefficient (Wildman–Crippen LogP) is 6.26. The first kappa shape index (κ1) is 21.3. The Hall–Kier alpha value is -3.44. The van der Waals surface area contributed by atoms with Crippen LogP contribution in [0.4, 0.5) is 5.69 Å². The second-order valence-corrected chi connectivity index (χ2v) is 7.56. The second kappa shape index (κ2) is 8.51. The topological polar surface area (TPSA) is 66.8 Å². The molecule has 0 saturated heterocycles. The molecule has 0 spiro atoms. The second-order valence-electron chi connectivity index (χ2n) is 7.56. The van der Waals surface area contributed by atoms with E-state index in [0.717, 1.165) is 52.8 Å². The summed E-state index contributed by atoms with van der Waals surface area (Å²) in [6.45, 7) is 15.1. The van der Waals surface area contributed by atoms with Crippen molar-refractivity contribution in [2.75, 3.05) is 0 Å². The third kappa shape index (κ3) is 3.37. The van der Waals surface area contributed by atoms with Gasteiger partial charge in [-0.15, -0.1) is 0 Å². The number of nitriles is 1. The fraction of sp³-hybridized carbons (Fsp3) is 0.360. The first-order chi connectivity index (χ1) is 14.4. The maximum Gasteiger partial charge on any atom is 0.331 e. The maximum absolute atomic E-state index is 11.3. The molecule has 0 bridgehead atoms. The van der Waals surface area contributed by atoms with Crippen LogP contribution in [0.15, 0.2) is 35.5 Å². The van der Waals surface area contributed by atoms with E-state index >= 15 is 0 Å². The summed E-state index contributed by atoms with van der Waals surface area (Å²) in [6.07, 6.45) is 3.26. The Bertz CT molecular complexity index is 1110. The summed E-state index contributed by atoms with van der Waals surface area (Å²) in [6, 6.07) is 12.0. The summed E-state index contributed by atoms with van der Waals surface area (Å²) in [5.41, 5.74) is 6.58. The Morgan fingerprint density at radius 3 is 2.50 bits per heavy atom. The summed E-state index contributed by atoms with van der Waals surface area (Å²) in [5.74, 6) is -0.445. The molecule has 0 radical (unpaired) electrons. The molecule has 0 aromatic heterocycles. The van der Waals surface area contributed by atoms with Gasteiger partial charge in [-0.25, -0.2) is 9.64 Å². The number of benzene rings is 2. The molecule has 5 heteroatoms. The highest BCUT2D eigenvalue weighted by atomic mass is 16.7. The molecule has 2 aromatic carbocycles. The maximum atomic E-state index is 11.3. The zero-order valence-corrected chi connectivity index (χ0v) is 17.9. The molecule has 0 fully saturated rings. The normalized spacial score (nSPS) is 13.7. The molecule has 0 saturated carbocycles. The van der Waals surface area contributed by atoms with E-state index in [1.54, 1.807) is 6.07 Å². The predicted molar refractivity (Wildman–Crippen MR) is 117 cm³/mol. The molecular weight excluding hydrogens is 374 g/mol. The van der Waals surface area contributed by atoms with E-state index in [1.807, 2.05) is 18.2 Å². The summed E-state index contributed by atoms with van der Waals surface area (Å²) < 4.78 is 0. The molecule has 0 heterocycles. The minimum absolute atomic E-state index is 0.272. The number of rotatable bonds is 6.